The summed E-state index contributed by atoms with van der Waals surface area (Å²) in [6.07, 6.45) is 6.74. The zero-order valence-corrected chi connectivity index (χ0v) is 7.41. The van der Waals surface area contributed by atoms with Gasteiger partial charge in [-0.2, -0.15) is 5.10 Å². The molecule has 0 saturated heterocycles. The van der Waals surface area contributed by atoms with Crippen molar-refractivity contribution >= 4 is 0 Å². The summed E-state index contributed by atoms with van der Waals surface area (Å²) in [5, 5.41) is 6.58. The van der Waals surface area contributed by atoms with Crippen LogP contribution in [0.3, 0.4) is 0 Å². The lowest BCUT2D eigenvalue weighted by molar-refractivity contribution is -0.897. The molecule has 12 heavy (non-hydrogen) atoms. The predicted molar refractivity (Wildman–Crippen MR) is 45.9 cm³/mol. The van der Waals surface area contributed by atoms with E-state index in [1.165, 1.54) is 6.33 Å². The van der Waals surface area contributed by atoms with Crippen LogP contribution >= 0.6 is 0 Å². The summed E-state index contributed by atoms with van der Waals surface area (Å²) in [6.45, 7) is 1.48. The van der Waals surface area contributed by atoms with Crippen molar-refractivity contribution in [3.63, 3.8) is 0 Å². The van der Waals surface area contributed by atoms with E-state index in [4.69, 9.17) is 6.42 Å². The van der Waals surface area contributed by atoms with Crippen molar-refractivity contribution in [2.24, 2.45) is 0 Å². The Hall–Kier alpha value is -1.34. The van der Waals surface area contributed by atoms with Crippen LogP contribution < -0.4 is 0 Å². The Morgan fingerprint density at radius 2 is 2.42 bits per heavy atom. The first-order valence-corrected chi connectivity index (χ1v) is 3.74. The monoisotopic (exact) mass is 165 g/mol. The van der Waals surface area contributed by atoms with Gasteiger partial charge in [0.25, 0.3) is 0 Å². The van der Waals surface area contributed by atoms with E-state index >= 15 is 0 Å². The van der Waals surface area contributed by atoms with Gasteiger partial charge in [-0.1, -0.05) is 0 Å². The number of quaternary nitrogens is 1. The van der Waals surface area contributed by atoms with Crippen molar-refractivity contribution in [1.29, 1.82) is 0 Å². The van der Waals surface area contributed by atoms with Gasteiger partial charge in [-0.15, -0.1) is 6.42 Å². The Morgan fingerprint density at radius 3 is 2.92 bits per heavy atom. The molecule has 64 valence electrons. The molecule has 0 aliphatic rings. The molecule has 0 aromatic carbocycles. The first kappa shape index (κ1) is 8.75. The molecule has 1 heterocycles. The molecule has 0 bridgehead atoms. The minimum Gasteiger partial charge on any atom is -0.312 e. The molecular weight excluding hydrogens is 152 g/mol. The number of rotatable bonds is 3. The molecule has 0 amide bonds. The minimum absolute atomic E-state index is 0.695. The molecule has 0 aliphatic carbocycles. The molecule has 1 aromatic rings. The minimum atomic E-state index is 0.695. The average Bonchev–Trinajstić information content (AvgIpc) is 2.38. The topological polar surface area (TPSA) is 41.6 Å². The number of terminal acetylenes is 1. The highest BCUT2D eigenvalue weighted by Crippen LogP contribution is 2.02. The Labute approximate surface area is 72.2 Å². The summed E-state index contributed by atoms with van der Waals surface area (Å²) in [4.78, 5) is 4.03. The van der Waals surface area contributed by atoms with E-state index in [1.54, 1.807) is 0 Å². The van der Waals surface area contributed by atoms with Gasteiger partial charge in [-0.05, 0) is 5.92 Å². The zero-order valence-electron chi connectivity index (χ0n) is 7.41. The van der Waals surface area contributed by atoms with Crippen LogP contribution in [0, 0.1) is 12.3 Å². The number of hydrogen-bond acceptors (Lipinski definition) is 2. The lowest BCUT2D eigenvalue weighted by Crippen LogP contribution is -2.39. The van der Waals surface area contributed by atoms with E-state index in [-0.39, 0.29) is 0 Å². The van der Waals surface area contributed by atoms with Crippen LogP contribution in [0.25, 0.3) is 0 Å². The molecule has 0 atom stereocenters. The second-order valence-corrected chi connectivity index (χ2v) is 3.39. The highest BCUT2D eigenvalue weighted by atomic mass is 15.3. The van der Waals surface area contributed by atoms with Gasteiger partial charge in [-0.3, -0.25) is 5.10 Å². The maximum absolute atomic E-state index is 5.23. The molecule has 1 N–H and O–H groups in total. The van der Waals surface area contributed by atoms with Crippen LogP contribution in [0.15, 0.2) is 6.33 Å². The van der Waals surface area contributed by atoms with E-state index in [0.717, 1.165) is 16.9 Å². The van der Waals surface area contributed by atoms with Gasteiger partial charge >= 0.3 is 0 Å². The molecule has 0 aliphatic heterocycles. The summed E-state index contributed by atoms with van der Waals surface area (Å²) < 4.78 is 0.728. The van der Waals surface area contributed by atoms with Crippen LogP contribution in [0.2, 0.25) is 0 Å². The van der Waals surface area contributed by atoms with Gasteiger partial charge in [0, 0.05) is 0 Å². The Balaban J connectivity index is 2.57. The number of aromatic amines is 1. The third-order valence-electron chi connectivity index (χ3n) is 1.56. The van der Waals surface area contributed by atoms with Gasteiger partial charge in [0.1, 0.15) is 19.4 Å². The van der Waals surface area contributed by atoms with Crippen molar-refractivity contribution in [1.82, 2.24) is 15.2 Å². The quantitative estimate of drug-likeness (QED) is 0.506. The van der Waals surface area contributed by atoms with Crippen molar-refractivity contribution in [2.45, 2.75) is 6.54 Å². The van der Waals surface area contributed by atoms with Crippen LogP contribution in [-0.2, 0) is 6.54 Å². The smallest absolute Gasteiger partial charge is 0.179 e. The van der Waals surface area contributed by atoms with E-state index in [2.05, 4.69) is 35.2 Å². The van der Waals surface area contributed by atoms with Crippen LogP contribution in [0.1, 0.15) is 5.82 Å². The maximum Gasteiger partial charge on any atom is 0.179 e. The highest BCUT2D eigenvalue weighted by molar-refractivity contribution is 4.84. The number of H-pyrrole nitrogens is 1. The standard InChI is InChI=1S/C8H13N4/c1-4-5-12(2,3)6-8-9-7-10-11-8/h1,7H,5-6H2,2-3H3,(H,9,10,11)/q+1. The van der Waals surface area contributed by atoms with Crippen LogP contribution in [-0.4, -0.2) is 40.3 Å². The van der Waals surface area contributed by atoms with Crippen molar-refractivity contribution in [3.8, 4) is 12.3 Å². The highest BCUT2D eigenvalue weighted by Gasteiger charge is 2.15. The van der Waals surface area contributed by atoms with Crippen molar-refractivity contribution in [3.05, 3.63) is 12.2 Å². The van der Waals surface area contributed by atoms with Gasteiger partial charge in [0.15, 0.2) is 5.82 Å². The van der Waals surface area contributed by atoms with Gasteiger partial charge in [0.2, 0.25) is 0 Å². The van der Waals surface area contributed by atoms with E-state index < -0.39 is 0 Å². The predicted octanol–water partition coefficient (Wildman–Crippen LogP) is 0.0143. The second-order valence-electron chi connectivity index (χ2n) is 3.39. The second kappa shape index (κ2) is 3.37. The maximum atomic E-state index is 5.23. The Bertz CT molecular complexity index is 268. The first-order chi connectivity index (χ1) is 5.64. The van der Waals surface area contributed by atoms with Gasteiger partial charge in [-0.25, -0.2) is 4.98 Å². The number of aromatic nitrogens is 3. The van der Waals surface area contributed by atoms with E-state index in [1.807, 2.05) is 0 Å². The fourth-order valence-electron chi connectivity index (χ4n) is 1.02. The van der Waals surface area contributed by atoms with E-state index in [0.29, 0.717) is 6.54 Å². The van der Waals surface area contributed by atoms with Crippen LogP contribution in [0.5, 0.6) is 0 Å². The Kier molecular flexibility index (Phi) is 2.46. The molecule has 0 saturated carbocycles. The summed E-state index contributed by atoms with van der Waals surface area (Å²) in [5.41, 5.74) is 0. The Morgan fingerprint density at radius 1 is 1.67 bits per heavy atom. The third kappa shape index (κ3) is 2.36. The molecule has 4 heteroatoms. The van der Waals surface area contributed by atoms with Gasteiger partial charge < -0.3 is 4.48 Å². The SMILES string of the molecule is C#CC[N+](C)(C)Cc1ncn[nH]1. The van der Waals surface area contributed by atoms with Gasteiger partial charge in [0.05, 0.1) is 14.1 Å². The molecule has 4 nitrogen and oxygen atoms in total. The molecular formula is C8H13N4+. The summed E-state index contributed by atoms with van der Waals surface area (Å²) in [7, 11) is 4.12. The summed E-state index contributed by atoms with van der Waals surface area (Å²) >= 11 is 0. The molecule has 0 fully saturated rings. The van der Waals surface area contributed by atoms with Crippen LogP contribution in [0.4, 0.5) is 0 Å². The normalized spacial score (nSPS) is 11.1. The molecule has 1 rings (SSSR count). The molecule has 1 aromatic heterocycles. The fraction of sp³-hybridized carbons (Fsp3) is 0.500. The first-order valence-electron chi connectivity index (χ1n) is 3.74. The number of nitrogens with zero attached hydrogens (tertiary/aromatic N) is 3. The molecule has 0 spiro atoms. The number of hydrogen-bond donors (Lipinski definition) is 1. The largest absolute Gasteiger partial charge is 0.312 e. The lowest BCUT2D eigenvalue weighted by atomic mass is 10.4. The summed E-state index contributed by atoms with van der Waals surface area (Å²) in [6, 6.07) is 0. The number of nitrogens with one attached hydrogen (secondary N) is 1. The molecule has 0 unspecified atom stereocenters. The van der Waals surface area contributed by atoms with Crippen molar-refractivity contribution in [2.75, 3.05) is 20.6 Å². The fourth-order valence-corrected chi connectivity index (χ4v) is 1.02. The lowest BCUT2D eigenvalue weighted by Gasteiger charge is -2.25. The van der Waals surface area contributed by atoms with E-state index in [9.17, 15) is 0 Å². The van der Waals surface area contributed by atoms with Crippen molar-refractivity contribution < 1.29 is 4.48 Å². The zero-order chi connectivity index (χ0) is 9.03. The summed E-state index contributed by atoms with van der Waals surface area (Å²) in [5.74, 6) is 3.50. The molecule has 0 radical (unpaired) electrons. The average molecular weight is 165 g/mol. The third-order valence-corrected chi connectivity index (χ3v) is 1.56.